The number of hydrogen-bond donors (Lipinski definition) is 1. The van der Waals surface area contributed by atoms with E-state index in [-0.39, 0.29) is 17.6 Å². The maximum atomic E-state index is 13.3. The van der Waals surface area contributed by atoms with Crippen LogP contribution in [0.4, 0.5) is 4.39 Å². The molecule has 7 heteroatoms. The third-order valence-corrected chi connectivity index (χ3v) is 6.54. The van der Waals surface area contributed by atoms with Gasteiger partial charge in [0.1, 0.15) is 5.82 Å². The Morgan fingerprint density at radius 1 is 1.12 bits per heavy atom. The van der Waals surface area contributed by atoms with E-state index in [2.05, 4.69) is 16.3 Å². The number of carbonyl (C=O) groups excluding carboxylic acids is 1. The van der Waals surface area contributed by atoms with Crippen molar-refractivity contribution in [2.45, 2.75) is 43.9 Å². The van der Waals surface area contributed by atoms with Crippen LogP contribution in [0.3, 0.4) is 0 Å². The minimum atomic E-state index is -0.409. The van der Waals surface area contributed by atoms with Crippen molar-refractivity contribution in [2.75, 3.05) is 33.9 Å². The molecule has 2 aliphatic heterocycles. The Balaban J connectivity index is 1.25. The molecule has 2 aromatic rings. The van der Waals surface area contributed by atoms with Crippen LogP contribution in [0.5, 0.6) is 11.5 Å². The molecule has 1 N–H and O–H groups in total. The van der Waals surface area contributed by atoms with Crippen molar-refractivity contribution in [3.63, 3.8) is 0 Å². The SMILES string of the molecule is COc1ccc(CN2CCC3(CCC(CNC(=O)c4cccc(F)c4)O3)CC2)cc1OC. The van der Waals surface area contributed by atoms with Crippen molar-refractivity contribution < 1.29 is 23.4 Å². The van der Waals surface area contributed by atoms with Crippen LogP contribution in [0.15, 0.2) is 42.5 Å². The van der Waals surface area contributed by atoms with E-state index >= 15 is 0 Å². The molecule has 2 heterocycles. The van der Waals surface area contributed by atoms with Gasteiger partial charge in [-0.05, 0) is 61.6 Å². The summed E-state index contributed by atoms with van der Waals surface area (Å²) in [6.07, 6.45) is 3.91. The van der Waals surface area contributed by atoms with Gasteiger partial charge in [-0.3, -0.25) is 9.69 Å². The minimum absolute atomic E-state index is 0.00454. The highest BCUT2D eigenvalue weighted by atomic mass is 19.1. The lowest BCUT2D eigenvalue weighted by Gasteiger charge is -2.39. The van der Waals surface area contributed by atoms with Crippen molar-refractivity contribution in [1.82, 2.24) is 10.2 Å². The average Bonchev–Trinajstić information content (AvgIpc) is 3.21. The van der Waals surface area contributed by atoms with Gasteiger partial charge < -0.3 is 19.5 Å². The number of amides is 1. The molecule has 4 rings (SSSR count). The molecule has 0 aromatic heterocycles. The molecule has 32 heavy (non-hydrogen) atoms. The van der Waals surface area contributed by atoms with Crippen molar-refractivity contribution >= 4 is 5.91 Å². The van der Waals surface area contributed by atoms with Gasteiger partial charge in [-0.1, -0.05) is 12.1 Å². The summed E-state index contributed by atoms with van der Waals surface area (Å²) in [5.74, 6) is 0.817. The summed E-state index contributed by atoms with van der Waals surface area (Å²) in [4.78, 5) is 14.7. The molecule has 1 spiro atoms. The zero-order chi connectivity index (χ0) is 22.6. The van der Waals surface area contributed by atoms with Gasteiger partial charge in [-0.25, -0.2) is 4.39 Å². The normalized spacial score (nSPS) is 20.3. The van der Waals surface area contributed by atoms with Crippen LogP contribution >= 0.6 is 0 Å². The summed E-state index contributed by atoms with van der Waals surface area (Å²) < 4.78 is 30.5. The quantitative estimate of drug-likeness (QED) is 0.707. The summed E-state index contributed by atoms with van der Waals surface area (Å²) in [6.45, 7) is 3.25. The fourth-order valence-corrected chi connectivity index (χ4v) is 4.70. The number of nitrogens with one attached hydrogen (secondary N) is 1. The number of carbonyl (C=O) groups is 1. The van der Waals surface area contributed by atoms with E-state index in [1.165, 1.54) is 17.7 Å². The number of halogens is 1. The van der Waals surface area contributed by atoms with Gasteiger partial charge in [0.15, 0.2) is 11.5 Å². The van der Waals surface area contributed by atoms with Gasteiger partial charge in [-0.2, -0.15) is 0 Å². The lowest BCUT2D eigenvalue weighted by Crippen LogP contribution is -2.44. The molecule has 0 radical (unpaired) electrons. The third kappa shape index (κ3) is 5.22. The number of benzene rings is 2. The maximum Gasteiger partial charge on any atom is 0.251 e. The maximum absolute atomic E-state index is 13.3. The van der Waals surface area contributed by atoms with E-state index in [0.717, 1.165) is 56.8 Å². The second-order valence-corrected chi connectivity index (χ2v) is 8.65. The van der Waals surface area contributed by atoms with E-state index in [0.29, 0.717) is 12.1 Å². The molecule has 2 fully saturated rings. The van der Waals surface area contributed by atoms with E-state index in [1.54, 1.807) is 26.4 Å². The Labute approximate surface area is 188 Å². The lowest BCUT2D eigenvalue weighted by atomic mass is 9.88. The van der Waals surface area contributed by atoms with Crippen LogP contribution in [0, 0.1) is 5.82 Å². The monoisotopic (exact) mass is 442 g/mol. The predicted molar refractivity (Wildman–Crippen MR) is 120 cm³/mol. The first-order valence-electron chi connectivity index (χ1n) is 11.2. The van der Waals surface area contributed by atoms with E-state index in [9.17, 15) is 9.18 Å². The summed E-state index contributed by atoms with van der Waals surface area (Å²) in [6, 6.07) is 11.8. The molecule has 0 aliphatic carbocycles. The molecule has 1 amide bonds. The average molecular weight is 443 g/mol. The molecular weight excluding hydrogens is 411 g/mol. The Kier molecular flexibility index (Phi) is 6.96. The third-order valence-electron chi connectivity index (χ3n) is 6.54. The van der Waals surface area contributed by atoms with E-state index < -0.39 is 5.82 Å². The Morgan fingerprint density at radius 3 is 2.62 bits per heavy atom. The van der Waals surface area contributed by atoms with Crippen LogP contribution < -0.4 is 14.8 Å². The van der Waals surface area contributed by atoms with E-state index in [1.807, 2.05) is 12.1 Å². The largest absolute Gasteiger partial charge is 0.493 e. The van der Waals surface area contributed by atoms with E-state index in [4.69, 9.17) is 14.2 Å². The van der Waals surface area contributed by atoms with Crippen LogP contribution in [-0.4, -0.2) is 56.4 Å². The number of likely N-dealkylation sites (tertiary alicyclic amines) is 1. The van der Waals surface area contributed by atoms with Gasteiger partial charge in [0.25, 0.3) is 5.91 Å². The van der Waals surface area contributed by atoms with Crippen molar-refractivity contribution in [1.29, 1.82) is 0 Å². The molecule has 0 saturated carbocycles. The van der Waals surface area contributed by atoms with Crippen molar-refractivity contribution in [2.24, 2.45) is 0 Å². The van der Waals surface area contributed by atoms with Gasteiger partial charge >= 0.3 is 0 Å². The number of methoxy groups -OCH3 is 2. The van der Waals surface area contributed by atoms with Crippen LogP contribution in [0.25, 0.3) is 0 Å². The highest BCUT2D eigenvalue weighted by Gasteiger charge is 2.42. The molecule has 2 saturated heterocycles. The first kappa shape index (κ1) is 22.6. The summed E-state index contributed by atoms with van der Waals surface area (Å²) >= 11 is 0. The van der Waals surface area contributed by atoms with Crippen LogP contribution in [0.2, 0.25) is 0 Å². The number of hydrogen-bond acceptors (Lipinski definition) is 5. The fourth-order valence-electron chi connectivity index (χ4n) is 4.70. The van der Waals surface area contributed by atoms with Gasteiger partial charge in [0.05, 0.1) is 25.9 Å². The Hall–Kier alpha value is -2.64. The molecule has 1 unspecified atom stereocenters. The molecule has 1 atom stereocenters. The standard InChI is InChI=1S/C25H31FN2O4/c1-30-22-7-6-18(14-23(22)31-2)17-28-12-10-25(11-13-28)9-8-21(32-25)16-27-24(29)19-4-3-5-20(26)15-19/h3-7,14-15,21H,8-13,16-17H2,1-2H3,(H,27,29). The second-order valence-electron chi connectivity index (χ2n) is 8.65. The van der Waals surface area contributed by atoms with Crippen LogP contribution in [0.1, 0.15) is 41.6 Å². The first-order valence-corrected chi connectivity index (χ1v) is 11.2. The summed E-state index contributed by atoms with van der Waals surface area (Å²) in [7, 11) is 3.30. The summed E-state index contributed by atoms with van der Waals surface area (Å²) in [5, 5.41) is 2.89. The first-order chi connectivity index (χ1) is 15.5. The molecule has 172 valence electrons. The van der Waals surface area contributed by atoms with Crippen LogP contribution in [-0.2, 0) is 11.3 Å². The predicted octanol–water partition coefficient (Wildman–Crippen LogP) is 3.79. The molecular formula is C25H31FN2O4. The topological polar surface area (TPSA) is 60.0 Å². The number of rotatable bonds is 7. The number of ether oxygens (including phenoxy) is 3. The zero-order valence-electron chi connectivity index (χ0n) is 18.7. The zero-order valence-corrected chi connectivity index (χ0v) is 18.7. The number of nitrogens with zero attached hydrogens (tertiary/aromatic N) is 1. The lowest BCUT2D eigenvalue weighted by molar-refractivity contribution is -0.0764. The Bertz CT molecular complexity index is 943. The van der Waals surface area contributed by atoms with Crippen molar-refractivity contribution in [3.05, 3.63) is 59.4 Å². The minimum Gasteiger partial charge on any atom is -0.493 e. The highest BCUT2D eigenvalue weighted by Crippen LogP contribution is 2.39. The summed E-state index contributed by atoms with van der Waals surface area (Å²) in [5.41, 5.74) is 1.44. The van der Waals surface area contributed by atoms with Gasteiger partial charge in [-0.15, -0.1) is 0 Å². The highest BCUT2D eigenvalue weighted by molar-refractivity contribution is 5.94. The number of piperidine rings is 1. The van der Waals surface area contributed by atoms with Gasteiger partial charge in [0.2, 0.25) is 0 Å². The van der Waals surface area contributed by atoms with Crippen molar-refractivity contribution in [3.8, 4) is 11.5 Å². The second kappa shape index (κ2) is 9.88. The smallest absolute Gasteiger partial charge is 0.251 e. The molecule has 6 nitrogen and oxygen atoms in total. The molecule has 0 bridgehead atoms. The molecule has 2 aromatic carbocycles. The van der Waals surface area contributed by atoms with Gasteiger partial charge in [0, 0.05) is 31.7 Å². The fraction of sp³-hybridized carbons (Fsp3) is 0.480. The Morgan fingerprint density at radius 2 is 1.91 bits per heavy atom. The molecule has 2 aliphatic rings.